The Morgan fingerprint density at radius 2 is 2.06 bits per heavy atom. The molecule has 3 nitrogen and oxygen atoms in total. The molecule has 0 radical (unpaired) electrons. The Bertz CT molecular complexity index is 399. The van der Waals surface area contributed by atoms with Crippen LogP contribution in [-0.2, 0) is 0 Å². The van der Waals surface area contributed by atoms with Gasteiger partial charge in [0.1, 0.15) is 5.75 Å². The Kier molecular flexibility index (Phi) is 4.55. The number of carbonyl (C=O) groups excluding carboxylic acids is 1. The van der Waals surface area contributed by atoms with Crippen molar-refractivity contribution in [1.29, 1.82) is 0 Å². The number of phenolic OH excluding ortho intramolecular Hbond substituents is 1. The Morgan fingerprint density at radius 3 is 2.53 bits per heavy atom. The van der Waals surface area contributed by atoms with E-state index >= 15 is 0 Å². The summed E-state index contributed by atoms with van der Waals surface area (Å²) in [6, 6.07) is 5.07. The van der Waals surface area contributed by atoms with Crippen LogP contribution in [0.15, 0.2) is 18.2 Å². The van der Waals surface area contributed by atoms with Crippen molar-refractivity contribution in [3.63, 3.8) is 0 Å². The molecule has 1 aromatic rings. The summed E-state index contributed by atoms with van der Waals surface area (Å²) >= 11 is 0. The highest BCUT2D eigenvalue weighted by atomic mass is 16.3. The van der Waals surface area contributed by atoms with Crippen LogP contribution in [0.5, 0.6) is 5.75 Å². The van der Waals surface area contributed by atoms with Crippen molar-refractivity contribution in [2.75, 3.05) is 6.54 Å². The van der Waals surface area contributed by atoms with E-state index in [0.29, 0.717) is 5.56 Å². The Morgan fingerprint density at radius 1 is 1.41 bits per heavy atom. The minimum Gasteiger partial charge on any atom is -0.508 e. The highest BCUT2D eigenvalue weighted by Gasteiger charge is 2.19. The number of benzene rings is 1. The molecule has 1 amide bonds. The van der Waals surface area contributed by atoms with Crippen LogP contribution in [0.4, 0.5) is 0 Å². The predicted octanol–water partition coefficient (Wildman–Crippen LogP) is 2.96. The maximum absolute atomic E-state index is 12.4. The maximum atomic E-state index is 12.4. The summed E-state index contributed by atoms with van der Waals surface area (Å²) in [5.74, 6) is 0.241. The lowest BCUT2D eigenvalue weighted by Crippen LogP contribution is -2.37. The van der Waals surface area contributed by atoms with Gasteiger partial charge in [-0.1, -0.05) is 6.92 Å². The van der Waals surface area contributed by atoms with E-state index in [1.807, 2.05) is 25.7 Å². The predicted molar refractivity (Wildman–Crippen MR) is 69.3 cm³/mol. The number of amides is 1. The first kappa shape index (κ1) is 13.6. The Labute approximate surface area is 103 Å². The van der Waals surface area contributed by atoms with E-state index in [9.17, 15) is 9.90 Å². The van der Waals surface area contributed by atoms with Gasteiger partial charge in [0.25, 0.3) is 5.91 Å². The Balaban J connectivity index is 3.01. The molecule has 17 heavy (non-hydrogen) atoms. The summed E-state index contributed by atoms with van der Waals surface area (Å²) in [5, 5.41) is 9.35. The van der Waals surface area contributed by atoms with Gasteiger partial charge in [-0.3, -0.25) is 4.79 Å². The average molecular weight is 235 g/mol. The quantitative estimate of drug-likeness (QED) is 0.871. The number of nitrogens with zero attached hydrogens (tertiary/aromatic N) is 1. The van der Waals surface area contributed by atoms with Gasteiger partial charge in [0.15, 0.2) is 0 Å². The van der Waals surface area contributed by atoms with Crippen molar-refractivity contribution in [1.82, 2.24) is 4.90 Å². The molecular formula is C14H21NO2. The fourth-order valence-electron chi connectivity index (χ4n) is 1.88. The molecule has 0 aliphatic carbocycles. The smallest absolute Gasteiger partial charge is 0.254 e. The number of hydrogen-bond acceptors (Lipinski definition) is 2. The third kappa shape index (κ3) is 3.22. The van der Waals surface area contributed by atoms with Crippen LogP contribution < -0.4 is 0 Å². The van der Waals surface area contributed by atoms with Gasteiger partial charge in [-0.15, -0.1) is 0 Å². The van der Waals surface area contributed by atoms with Crippen molar-refractivity contribution in [3.05, 3.63) is 29.3 Å². The summed E-state index contributed by atoms with van der Waals surface area (Å²) in [7, 11) is 0. The highest BCUT2D eigenvalue weighted by Crippen LogP contribution is 2.18. The first-order valence-electron chi connectivity index (χ1n) is 6.08. The normalized spacial score (nSPS) is 10.6. The zero-order chi connectivity index (χ0) is 13.0. The minimum absolute atomic E-state index is 0.0411. The van der Waals surface area contributed by atoms with Crippen molar-refractivity contribution in [2.45, 2.75) is 40.2 Å². The van der Waals surface area contributed by atoms with Crippen molar-refractivity contribution < 1.29 is 9.90 Å². The van der Waals surface area contributed by atoms with E-state index in [-0.39, 0.29) is 17.7 Å². The van der Waals surface area contributed by atoms with Crippen molar-refractivity contribution >= 4 is 5.91 Å². The van der Waals surface area contributed by atoms with Crippen molar-refractivity contribution in [3.8, 4) is 5.75 Å². The van der Waals surface area contributed by atoms with Gasteiger partial charge in [-0.25, -0.2) is 0 Å². The number of hydrogen-bond donors (Lipinski definition) is 1. The molecule has 1 rings (SSSR count). The average Bonchev–Trinajstić information content (AvgIpc) is 2.24. The second-order valence-electron chi connectivity index (χ2n) is 4.59. The lowest BCUT2D eigenvalue weighted by Gasteiger charge is -2.27. The van der Waals surface area contributed by atoms with E-state index in [2.05, 4.69) is 6.92 Å². The summed E-state index contributed by atoms with van der Waals surface area (Å²) in [6.45, 7) is 8.70. The standard InChI is InChI=1S/C14H21NO2/c1-5-8-15(10(2)3)14(17)13-7-6-12(16)9-11(13)4/h6-7,9-10,16H,5,8H2,1-4H3. The second-order valence-corrected chi connectivity index (χ2v) is 4.59. The molecule has 0 saturated heterocycles. The number of carbonyl (C=O) groups is 1. The summed E-state index contributed by atoms with van der Waals surface area (Å²) in [4.78, 5) is 14.2. The van der Waals surface area contributed by atoms with Gasteiger partial charge < -0.3 is 10.0 Å². The molecule has 0 spiro atoms. The second kappa shape index (κ2) is 5.71. The van der Waals surface area contributed by atoms with Gasteiger partial charge >= 0.3 is 0 Å². The molecule has 3 heteroatoms. The first-order chi connectivity index (χ1) is 7.97. The van der Waals surface area contributed by atoms with E-state index in [4.69, 9.17) is 0 Å². The summed E-state index contributed by atoms with van der Waals surface area (Å²) in [6.07, 6.45) is 0.945. The largest absolute Gasteiger partial charge is 0.508 e. The monoisotopic (exact) mass is 235 g/mol. The van der Waals surface area contributed by atoms with Crippen LogP contribution in [0.3, 0.4) is 0 Å². The molecule has 94 valence electrons. The zero-order valence-corrected chi connectivity index (χ0v) is 11.0. The highest BCUT2D eigenvalue weighted by molar-refractivity contribution is 5.96. The zero-order valence-electron chi connectivity index (χ0n) is 11.0. The molecular weight excluding hydrogens is 214 g/mol. The molecule has 0 unspecified atom stereocenters. The fourth-order valence-corrected chi connectivity index (χ4v) is 1.88. The number of aromatic hydroxyl groups is 1. The van der Waals surface area contributed by atoms with Gasteiger partial charge in [-0.2, -0.15) is 0 Å². The molecule has 0 aliphatic rings. The topological polar surface area (TPSA) is 40.5 Å². The fraction of sp³-hybridized carbons (Fsp3) is 0.500. The SMILES string of the molecule is CCCN(C(=O)c1ccc(O)cc1C)C(C)C. The molecule has 1 N–H and O–H groups in total. The molecule has 0 bridgehead atoms. The molecule has 0 heterocycles. The van der Waals surface area contributed by atoms with E-state index in [1.165, 1.54) is 0 Å². The molecule has 0 aliphatic heterocycles. The van der Waals surface area contributed by atoms with E-state index in [1.54, 1.807) is 18.2 Å². The van der Waals surface area contributed by atoms with Gasteiger partial charge in [0.05, 0.1) is 0 Å². The first-order valence-corrected chi connectivity index (χ1v) is 6.08. The number of aryl methyl sites for hydroxylation is 1. The maximum Gasteiger partial charge on any atom is 0.254 e. The summed E-state index contributed by atoms with van der Waals surface area (Å²) < 4.78 is 0. The Hall–Kier alpha value is -1.51. The molecule has 0 atom stereocenters. The van der Waals surface area contributed by atoms with Gasteiger partial charge in [-0.05, 0) is 51.0 Å². The van der Waals surface area contributed by atoms with Crippen LogP contribution in [0.25, 0.3) is 0 Å². The number of phenols is 1. The number of rotatable bonds is 4. The van der Waals surface area contributed by atoms with E-state index < -0.39 is 0 Å². The summed E-state index contributed by atoms with van der Waals surface area (Å²) in [5.41, 5.74) is 1.49. The molecule has 1 aromatic carbocycles. The van der Waals surface area contributed by atoms with E-state index in [0.717, 1.165) is 18.5 Å². The van der Waals surface area contributed by atoms with Crippen LogP contribution in [-0.4, -0.2) is 28.5 Å². The van der Waals surface area contributed by atoms with Crippen LogP contribution >= 0.6 is 0 Å². The molecule has 0 saturated carbocycles. The van der Waals surface area contributed by atoms with Crippen LogP contribution in [0.2, 0.25) is 0 Å². The van der Waals surface area contributed by atoms with Gasteiger partial charge in [0.2, 0.25) is 0 Å². The lowest BCUT2D eigenvalue weighted by molar-refractivity contribution is 0.0705. The third-order valence-electron chi connectivity index (χ3n) is 2.79. The third-order valence-corrected chi connectivity index (χ3v) is 2.79. The van der Waals surface area contributed by atoms with Gasteiger partial charge in [0, 0.05) is 18.2 Å². The van der Waals surface area contributed by atoms with Crippen molar-refractivity contribution in [2.24, 2.45) is 0 Å². The molecule has 0 aromatic heterocycles. The minimum atomic E-state index is 0.0411. The van der Waals surface area contributed by atoms with Crippen LogP contribution in [0, 0.1) is 6.92 Å². The van der Waals surface area contributed by atoms with Crippen LogP contribution in [0.1, 0.15) is 43.1 Å². The lowest BCUT2D eigenvalue weighted by atomic mass is 10.1. The molecule has 0 fully saturated rings.